The third-order valence-electron chi connectivity index (χ3n) is 4.06. The number of carbonyl (C=O) groups is 1. The third-order valence-corrected chi connectivity index (χ3v) is 4.06. The molecule has 6 heteroatoms. The van der Waals surface area contributed by atoms with Crippen LogP contribution >= 0.6 is 0 Å². The predicted molar refractivity (Wildman–Crippen MR) is 81.3 cm³/mol. The van der Waals surface area contributed by atoms with Crippen molar-refractivity contribution in [3.05, 3.63) is 33.6 Å². The molecule has 0 bridgehead atoms. The van der Waals surface area contributed by atoms with Gasteiger partial charge in [-0.25, -0.2) is 4.79 Å². The van der Waals surface area contributed by atoms with E-state index in [1.54, 1.807) is 23.6 Å². The molecule has 1 aromatic carbocycles. The zero-order valence-electron chi connectivity index (χ0n) is 12.7. The number of benzene rings is 1. The van der Waals surface area contributed by atoms with E-state index in [4.69, 9.17) is 9.47 Å². The molecule has 1 aliphatic rings. The first-order valence-corrected chi connectivity index (χ1v) is 7.04. The number of pyridine rings is 1. The Bertz CT molecular complexity index is 833. The van der Waals surface area contributed by atoms with Gasteiger partial charge in [0.05, 0.1) is 25.1 Å². The molecule has 6 nitrogen and oxygen atoms in total. The molecule has 0 radical (unpaired) electrons. The van der Waals surface area contributed by atoms with E-state index in [1.807, 2.05) is 0 Å². The van der Waals surface area contributed by atoms with Crippen molar-refractivity contribution in [1.82, 2.24) is 4.57 Å². The third kappa shape index (κ3) is 1.94. The van der Waals surface area contributed by atoms with Crippen molar-refractivity contribution >= 4 is 16.9 Å². The van der Waals surface area contributed by atoms with Gasteiger partial charge in [-0.1, -0.05) is 0 Å². The fourth-order valence-corrected chi connectivity index (χ4v) is 2.90. The van der Waals surface area contributed by atoms with Gasteiger partial charge < -0.3 is 19.1 Å². The topological polar surface area (TPSA) is 77.8 Å². The summed E-state index contributed by atoms with van der Waals surface area (Å²) >= 11 is 0. The molecule has 0 spiro atoms. The van der Waals surface area contributed by atoms with Crippen molar-refractivity contribution in [2.75, 3.05) is 14.2 Å². The Balaban J connectivity index is 2.59. The summed E-state index contributed by atoms with van der Waals surface area (Å²) < 4.78 is 12.4. The molecule has 22 heavy (non-hydrogen) atoms. The van der Waals surface area contributed by atoms with Crippen LogP contribution in [-0.4, -0.2) is 29.9 Å². The molecule has 1 saturated carbocycles. The van der Waals surface area contributed by atoms with Crippen LogP contribution in [0.1, 0.15) is 34.9 Å². The molecule has 0 amide bonds. The molecule has 116 valence electrons. The van der Waals surface area contributed by atoms with E-state index in [2.05, 4.69) is 0 Å². The molecule has 0 unspecified atom stereocenters. The zero-order chi connectivity index (χ0) is 16.0. The summed E-state index contributed by atoms with van der Waals surface area (Å²) in [5.41, 5.74) is 0.419. The molecule has 1 aromatic heterocycles. The van der Waals surface area contributed by atoms with Gasteiger partial charge in [0.1, 0.15) is 17.2 Å². The quantitative estimate of drug-likeness (QED) is 0.938. The maximum Gasteiger partial charge on any atom is 0.352 e. The highest BCUT2D eigenvalue weighted by Gasteiger charge is 2.33. The predicted octanol–water partition coefficient (Wildman–Crippen LogP) is 2.36. The fourth-order valence-electron chi connectivity index (χ4n) is 2.90. The van der Waals surface area contributed by atoms with E-state index in [9.17, 15) is 14.7 Å². The molecule has 0 atom stereocenters. The van der Waals surface area contributed by atoms with Crippen LogP contribution in [0.25, 0.3) is 10.9 Å². The van der Waals surface area contributed by atoms with Gasteiger partial charge in [-0.3, -0.25) is 4.79 Å². The normalized spacial score (nSPS) is 14.1. The molecular weight excluding hydrogens is 286 g/mol. The summed E-state index contributed by atoms with van der Waals surface area (Å²) in [6, 6.07) is 3.44. The van der Waals surface area contributed by atoms with Crippen molar-refractivity contribution in [2.24, 2.45) is 0 Å². The maximum atomic E-state index is 12.7. The number of carboxylic acids is 1. The average molecular weight is 303 g/mol. The fraction of sp³-hybridized carbons (Fsp3) is 0.375. The van der Waals surface area contributed by atoms with E-state index in [0.29, 0.717) is 22.4 Å². The number of nitrogens with zero attached hydrogens (tertiary/aromatic N) is 1. The summed E-state index contributed by atoms with van der Waals surface area (Å²) in [4.78, 5) is 24.4. The molecule has 1 aliphatic carbocycles. The lowest BCUT2D eigenvalue weighted by atomic mass is 10.1. The van der Waals surface area contributed by atoms with Gasteiger partial charge in [0, 0.05) is 11.6 Å². The summed E-state index contributed by atoms with van der Waals surface area (Å²) in [6.07, 6.45) is 1.77. The standard InChI is InChI=1S/C16H17NO5/c1-8-13(16(19)20)17(9-4-5-9)14-11(22-3)7-6-10(21-2)12(14)15(8)18/h6-7,9H,4-5H2,1-3H3,(H,19,20). The van der Waals surface area contributed by atoms with Crippen LogP contribution in [0.2, 0.25) is 0 Å². The number of hydrogen-bond donors (Lipinski definition) is 1. The SMILES string of the molecule is COc1ccc(OC)c2c1c(=O)c(C)c(C(=O)O)n2C1CC1. The van der Waals surface area contributed by atoms with E-state index in [0.717, 1.165) is 12.8 Å². The number of carboxylic acid groups (broad SMARTS) is 1. The second-order valence-corrected chi connectivity index (χ2v) is 5.40. The van der Waals surface area contributed by atoms with Crippen molar-refractivity contribution in [1.29, 1.82) is 0 Å². The highest BCUT2D eigenvalue weighted by molar-refractivity contribution is 5.97. The summed E-state index contributed by atoms with van der Waals surface area (Å²) in [7, 11) is 2.99. The Morgan fingerprint density at radius 1 is 1.23 bits per heavy atom. The van der Waals surface area contributed by atoms with Crippen molar-refractivity contribution in [3.63, 3.8) is 0 Å². The van der Waals surface area contributed by atoms with Gasteiger partial charge in [-0.05, 0) is 31.9 Å². The van der Waals surface area contributed by atoms with Gasteiger partial charge in [-0.15, -0.1) is 0 Å². The first kappa shape index (κ1) is 14.4. The minimum atomic E-state index is -1.10. The summed E-state index contributed by atoms with van der Waals surface area (Å²) in [6.45, 7) is 1.54. The monoisotopic (exact) mass is 303 g/mol. The van der Waals surface area contributed by atoms with Crippen molar-refractivity contribution in [3.8, 4) is 11.5 Å². The number of aromatic nitrogens is 1. The maximum absolute atomic E-state index is 12.7. The number of ether oxygens (including phenoxy) is 2. The van der Waals surface area contributed by atoms with Gasteiger partial charge in [-0.2, -0.15) is 0 Å². The first-order valence-electron chi connectivity index (χ1n) is 7.04. The smallest absolute Gasteiger partial charge is 0.352 e. The molecule has 0 saturated heterocycles. The Kier molecular flexibility index (Phi) is 3.31. The summed E-state index contributed by atoms with van der Waals surface area (Å²) in [5, 5.41) is 9.94. The minimum Gasteiger partial charge on any atom is -0.496 e. The molecule has 3 rings (SSSR count). The van der Waals surface area contributed by atoms with Gasteiger partial charge >= 0.3 is 5.97 Å². The van der Waals surface area contributed by atoms with Crippen LogP contribution in [0, 0.1) is 6.92 Å². The Morgan fingerprint density at radius 3 is 2.32 bits per heavy atom. The zero-order valence-corrected chi connectivity index (χ0v) is 12.7. The number of hydrogen-bond acceptors (Lipinski definition) is 4. The number of methoxy groups -OCH3 is 2. The molecule has 1 fully saturated rings. The molecule has 1 N–H and O–H groups in total. The van der Waals surface area contributed by atoms with E-state index in [-0.39, 0.29) is 22.7 Å². The van der Waals surface area contributed by atoms with Crippen molar-refractivity contribution in [2.45, 2.75) is 25.8 Å². The second kappa shape index (κ2) is 5.05. The van der Waals surface area contributed by atoms with Crippen LogP contribution < -0.4 is 14.9 Å². The van der Waals surface area contributed by atoms with Gasteiger partial charge in [0.15, 0.2) is 5.43 Å². The van der Waals surface area contributed by atoms with E-state index >= 15 is 0 Å². The van der Waals surface area contributed by atoms with Crippen LogP contribution in [0.3, 0.4) is 0 Å². The Hall–Kier alpha value is -2.50. The molecule has 2 aromatic rings. The molecule has 0 aliphatic heterocycles. The van der Waals surface area contributed by atoms with E-state index in [1.165, 1.54) is 14.2 Å². The highest BCUT2D eigenvalue weighted by atomic mass is 16.5. The van der Waals surface area contributed by atoms with Gasteiger partial charge in [0.2, 0.25) is 0 Å². The number of aromatic carboxylic acids is 1. The van der Waals surface area contributed by atoms with E-state index < -0.39 is 5.97 Å². The van der Waals surface area contributed by atoms with Crippen LogP contribution in [-0.2, 0) is 0 Å². The number of rotatable bonds is 4. The molecular formula is C16H17NO5. The minimum absolute atomic E-state index is 0.0338. The Morgan fingerprint density at radius 2 is 1.82 bits per heavy atom. The van der Waals surface area contributed by atoms with Crippen LogP contribution in [0.15, 0.2) is 16.9 Å². The lowest BCUT2D eigenvalue weighted by molar-refractivity contribution is 0.0683. The Labute approximate surface area is 126 Å². The van der Waals surface area contributed by atoms with Crippen LogP contribution in [0.4, 0.5) is 0 Å². The van der Waals surface area contributed by atoms with Crippen molar-refractivity contribution < 1.29 is 19.4 Å². The average Bonchev–Trinajstić information content (AvgIpc) is 3.33. The summed E-state index contributed by atoms with van der Waals surface area (Å²) in [5.74, 6) is -0.203. The highest BCUT2D eigenvalue weighted by Crippen LogP contribution is 2.42. The van der Waals surface area contributed by atoms with Gasteiger partial charge in [0.25, 0.3) is 0 Å². The largest absolute Gasteiger partial charge is 0.496 e. The second-order valence-electron chi connectivity index (χ2n) is 5.40. The first-order chi connectivity index (χ1) is 10.5. The lowest BCUT2D eigenvalue weighted by Crippen LogP contribution is -2.22. The van der Waals surface area contributed by atoms with Crippen LogP contribution in [0.5, 0.6) is 11.5 Å². The number of fused-ring (bicyclic) bond motifs is 1. The lowest BCUT2D eigenvalue weighted by Gasteiger charge is -2.19. The molecule has 1 heterocycles.